The van der Waals surface area contributed by atoms with E-state index in [2.05, 4.69) is 38.8 Å². The third-order valence-electron chi connectivity index (χ3n) is 5.50. The summed E-state index contributed by atoms with van der Waals surface area (Å²) < 4.78 is 2.21. The Morgan fingerprint density at radius 3 is 2.79 bits per heavy atom. The van der Waals surface area contributed by atoms with Crippen molar-refractivity contribution >= 4 is 5.91 Å². The minimum atomic E-state index is 0.0795. The molecule has 1 fully saturated rings. The first-order valence-corrected chi connectivity index (χ1v) is 9.89. The highest BCUT2D eigenvalue weighted by Gasteiger charge is 2.28. The molecule has 0 aliphatic carbocycles. The van der Waals surface area contributed by atoms with Crippen LogP contribution in [0.1, 0.15) is 51.8 Å². The largest absolute Gasteiger partial charge is 0.338 e. The topological polar surface area (TPSA) is 51.0 Å². The van der Waals surface area contributed by atoms with Crippen LogP contribution in [0, 0.1) is 13.8 Å². The summed E-state index contributed by atoms with van der Waals surface area (Å²) in [6.07, 6.45) is 7.67. The number of hydrogen-bond donors (Lipinski definition) is 0. The maximum absolute atomic E-state index is 13.1. The van der Waals surface area contributed by atoms with Crippen LogP contribution < -0.4 is 0 Å². The van der Waals surface area contributed by atoms with E-state index in [1.165, 1.54) is 5.56 Å². The van der Waals surface area contributed by atoms with Crippen molar-refractivity contribution in [3.05, 3.63) is 83.2 Å². The van der Waals surface area contributed by atoms with Crippen molar-refractivity contribution in [1.29, 1.82) is 0 Å². The van der Waals surface area contributed by atoms with E-state index in [0.29, 0.717) is 12.1 Å². The van der Waals surface area contributed by atoms with Gasteiger partial charge in [-0.2, -0.15) is 0 Å². The third-order valence-corrected chi connectivity index (χ3v) is 5.50. The van der Waals surface area contributed by atoms with Gasteiger partial charge in [-0.05, 0) is 43.9 Å². The monoisotopic (exact) mass is 374 g/mol. The molecule has 1 atom stereocenters. The normalized spacial score (nSPS) is 16.9. The fourth-order valence-electron chi connectivity index (χ4n) is 4.06. The molecule has 5 heteroatoms. The lowest BCUT2D eigenvalue weighted by Gasteiger charge is -2.33. The Balaban J connectivity index is 1.52. The lowest BCUT2D eigenvalue weighted by Crippen LogP contribution is -2.40. The van der Waals surface area contributed by atoms with Crippen LogP contribution in [0.3, 0.4) is 0 Å². The van der Waals surface area contributed by atoms with E-state index in [4.69, 9.17) is 0 Å². The van der Waals surface area contributed by atoms with Gasteiger partial charge >= 0.3 is 0 Å². The van der Waals surface area contributed by atoms with Crippen molar-refractivity contribution in [1.82, 2.24) is 19.4 Å². The first-order valence-electron chi connectivity index (χ1n) is 9.89. The second-order valence-electron chi connectivity index (χ2n) is 7.63. The van der Waals surface area contributed by atoms with Gasteiger partial charge in [0.15, 0.2) is 0 Å². The SMILES string of the molecule is Cc1cc(C)c(C(=O)N2CCCC(c3nccn3Cc3ccccc3)C2)cn1. The van der Waals surface area contributed by atoms with Gasteiger partial charge in [0.25, 0.3) is 5.91 Å². The average Bonchev–Trinajstić information content (AvgIpc) is 3.16. The second kappa shape index (κ2) is 7.97. The zero-order valence-electron chi connectivity index (χ0n) is 16.5. The molecule has 0 radical (unpaired) electrons. The smallest absolute Gasteiger partial charge is 0.255 e. The molecule has 3 aromatic rings. The number of aromatic nitrogens is 3. The van der Waals surface area contributed by atoms with Gasteiger partial charge in [0.05, 0.1) is 5.56 Å². The number of hydrogen-bond acceptors (Lipinski definition) is 3. The summed E-state index contributed by atoms with van der Waals surface area (Å²) >= 11 is 0. The Morgan fingerprint density at radius 1 is 1.18 bits per heavy atom. The number of likely N-dealkylation sites (tertiary alicyclic amines) is 1. The van der Waals surface area contributed by atoms with Crippen LogP contribution in [0.15, 0.2) is 55.0 Å². The molecule has 1 aromatic carbocycles. The third kappa shape index (κ3) is 3.84. The standard InChI is InChI=1S/C23H26N4O/c1-17-13-18(2)25-14-21(17)23(28)27-11-6-9-20(16-27)22-24-10-12-26(22)15-19-7-4-3-5-8-19/h3-5,7-8,10,12-14,20H,6,9,11,15-16H2,1-2H3. The van der Waals surface area contributed by atoms with Gasteiger partial charge in [0.1, 0.15) is 5.82 Å². The average molecular weight is 374 g/mol. The predicted molar refractivity (Wildman–Crippen MR) is 109 cm³/mol. The van der Waals surface area contributed by atoms with E-state index >= 15 is 0 Å². The van der Waals surface area contributed by atoms with Crippen molar-refractivity contribution < 1.29 is 4.79 Å². The number of nitrogens with zero attached hydrogens (tertiary/aromatic N) is 4. The van der Waals surface area contributed by atoms with Crippen LogP contribution in [0.5, 0.6) is 0 Å². The molecule has 0 saturated carbocycles. The second-order valence-corrected chi connectivity index (χ2v) is 7.63. The molecule has 1 aliphatic rings. The number of benzene rings is 1. The number of carbonyl (C=O) groups is 1. The summed E-state index contributed by atoms with van der Waals surface area (Å²) in [6, 6.07) is 12.4. The molecule has 5 nitrogen and oxygen atoms in total. The van der Waals surface area contributed by atoms with Gasteiger partial charge in [-0.25, -0.2) is 4.98 Å². The highest BCUT2D eigenvalue weighted by Crippen LogP contribution is 2.27. The minimum absolute atomic E-state index is 0.0795. The van der Waals surface area contributed by atoms with E-state index < -0.39 is 0 Å². The Kier molecular flexibility index (Phi) is 5.24. The summed E-state index contributed by atoms with van der Waals surface area (Å²) in [4.78, 5) is 24.0. The van der Waals surface area contributed by atoms with Gasteiger partial charge in [0, 0.05) is 49.8 Å². The van der Waals surface area contributed by atoms with E-state index in [9.17, 15) is 4.79 Å². The quantitative estimate of drug-likeness (QED) is 0.694. The Labute approximate surface area is 166 Å². The minimum Gasteiger partial charge on any atom is -0.338 e. The number of pyridine rings is 1. The summed E-state index contributed by atoms with van der Waals surface area (Å²) in [7, 11) is 0. The zero-order chi connectivity index (χ0) is 19.5. The molecular formula is C23H26N4O. The maximum atomic E-state index is 13.1. The van der Waals surface area contributed by atoms with E-state index in [-0.39, 0.29) is 11.8 Å². The molecule has 1 aliphatic heterocycles. The maximum Gasteiger partial charge on any atom is 0.255 e. The fourth-order valence-corrected chi connectivity index (χ4v) is 4.06. The van der Waals surface area contributed by atoms with Crippen molar-refractivity contribution in [3.8, 4) is 0 Å². The molecule has 4 rings (SSSR count). The van der Waals surface area contributed by atoms with Crippen LogP contribution in [-0.4, -0.2) is 38.4 Å². The lowest BCUT2D eigenvalue weighted by molar-refractivity contribution is 0.0702. The number of piperidine rings is 1. The van der Waals surface area contributed by atoms with Gasteiger partial charge in [-0.1, -0.05) is 30.3 Å². The van der Waals surface area contributed by atoms with Gasteiger partial charge in [-0.15, -0.1) is 0 Å². The summed E-state index contributed by atoms with van der Waals surface area (Å²) in [5, 5.41) is 0. The van der Waals surface area contributed by atoms with Crippen LogP contribution in [0.25, 0.3) is 0 Å². The van der Waals surface area contributed by atoms with E-state index in [1.54, 1.807) is 6.20 Å². The molecule has 144 valence electrons. The fraction of sp³-hybridized carbons (Fsp3) is 0.348. The molecule has 1 saturated heterocycles. The number of imidazole rings is 1. The molecule has 0 spiro atoms. The first-order chi connectivity index (χ1) is 13.6. The van der Waals surface area contributed by atoms with Crippen LogP contribution >= 0.6 is 0 Å². The molecule has 28 heavy (non-hydrogen) atoms. The predicted octanol–water partition coefficient (Wildman–Crippen LogP) is 3.96. The molecule has 1 amide bonds. The Bertz CT molecular complexity index is 964. The molecule has 1 unspecified atom stereocenters. The van der Waals surface area contributed by atoms with Crippen molar-refractivity contribution in [2.75, 3.05) is 13.1 Å². The van der Waals surface area contributed by atoms with E-state index in [1.807, 2.05) is 43.3 Å². The van der Waals surface area contributed by atoms with Gasteiger partial charge < -0.3 is 9.47 Å². The zero-order valence-corrected chi connectivity index (χ0v) is 16.5. The summed E-state index contributed by atoms with van der Waals surface area (Å²) in [5.74, 6) is 1.41. The van der Waals surface area contributed by atoms with Gasteiger partial charge in [-0.3, -0.25) is 9.78 Å². The molecule has 0 N–H and O–H groups in total. The molecule has 2 aromatic heterocycles. The number of amides is 1. The highest BCUT2D eigenvalue weighted by molar-refractivity contribution is 5.95. The number of carbonyl (C=O) groups excluding carboxylic acids is 1. The first kappa shape index (κ1) is 18.4. The van der Waals surface area contributed by atoms with E-state index in [0.717, 1.165) is 43.0 Å². The van der Waals surface area contributed by atoms with Crippen LogP contribution in [0.4, 0.5) is 0 Å². The lowest BCUT2D eigenvalue weighted by atomic mass is 9.96. The molecule has 3 heterocycles. The van der Waals surface area contributed by atoms with Crippen molar-refractivity contribution in [2.24, 2.45) is 0 Å². The molecule has 0 bridgehead atoms. The number of rotatable bonds is 4. The summed E-state index contributed by atoms with van der Waals surface area (Å²) in [5.41, 5.74) is 3.89. The van der Waals surface area contributed by atoms with Crippen molar-refractivity contribution in [3.63, 3.8) is 0 Å². The van der Waals surface area contributed by atoms with Gasteiger partial charge in [0.2, 0.25) is 0 Å². The van der Waals surface area contributed by atoms with Crippen molar-refractivity contribution in [2.45, 2.75) is 39.2 Å². The number of aryl methyl sites for hydroxylation is 2. The Morgan fingerprint density at radius 2 is 2.00 bits per heavy atom. The molecular weight excluding hydrogens is 348 g/mol. The summed E-state index contributed by atoms with van der Waals surface area (Å²) in [6.45, 7) is 6.24. The Hall–Kier alpha value is -2.95. The highest BCUT2D eigenvalue weighted by atomic mass is 16.2. The van der Waals surface area contributed by atoms with Crippen LogP contribution in [-0.2, 0) is 6.54 Å². The van der Waals surface area contributed by atoms with Crippen LogP contribution in [0.2, 0.25) is 0 Å².